The van der Waals surface area contributed by atoms with Crippen LogP contribution in [0.5, 0.6) is 0 Å². The number of alkyl halides is 3. The molecule has 25 heavy (non-hydrogen) atoms. The molecule has 1 N–H and O–H groups in total. The maximum Gasteiger partial charge on any atom is 0.390 e. The van der Waals surface area contributed by atoms with E-state index < -0.39 is 12.6 Å². The Labute approximate surface area is 149 Å². The Bertz CT molecular complexity index is 876. The summed E-state index contributed by atoms with van der Waals surface area (Å²) >= 11 is 7.38. The number of nitrogens with one attached hydrogen (secondary N) is 1. The molecule has 0 saturated carbocycles. The number of hydrogen-bond donors (Lipinski definition) is 1. The monoisotopic (exact) mass is 388 g/mol. The predicted octanol–water partition coefficient (Wildman–Crippen LogP) is 4.45. The van der Waals surface area contributed by atoms with Crippen LogP contribution in [0.1, 0.15) is 12.1 Å². The topological polar surface area (TPSA) is 68.5 Å². The lowest BCUT2D eigenvalue weighted by molar-refractivity contribution is -0.137. The van der Waals surface area contributed by atoms with Gasteiger partial charge in [-0.3, -0.25) is 4.68 Å². The zero-order valence-electron chi connectivity index (χ0n) is 12.9. The van der Waals surface area contributed by atoms with Gasteiger partial charge in [0.2, 0.25) is 5.95 Å². The quantitative estimate of drug-likeness (QED) is 0.699. The fraction of sp³-hybridized carbons (Fsp3) is 0.286. The minimum atomic E-state index is -4.23. The Morgan fingerprint density at radius 3 is 2.80 bits per heavy atom. The standard InChI is InChI=1S/C14H12ClF3N6S/c1-8-4-11(25-23-8)21-13-19-6-10(15)12(22-13)9-5-20-24(7-9)3-2-14(16,17)18/h4-7H,2-3H2,1H3,(H,19,21,22). The summed E-state index contributed by atoms with van der Waals surface area (Å²) < 4.78 is 42.3. The Kier molecular flexibility index (Phi) is 4.91. The summed E-state index contributed by atoms with van der Waals surface area (Å²) in [5.41, 5.74) is 1.77. The highest BCUT2D eigenvalue weighted by Crippen LogP contribution is 2.28. The highest BCUT2D eigenvalue weighted by Gasteiger charge is 2.26. The first-order valence-electron chi connectivity index (χ1n) is 7.12. The molecule has 6 nitrogen and oxygen atoms in total. The summed E-state index contributed by atoms with van der Waals surface area (Å²) in [5, 5.41) is 7.99. The van der Waals surface area contributed by atoms with Gasteiger partial charge in [0, 0.05) is 18.3 Å². The van der Waals surface area contributed by atoms with Gasteiger partial charge in [-0.25, -0.2) is 9.97 Å². The second kappa shape index (κ2) is 6.96. The number of halogens is 4. The molecule has 3 aromatic rings. The van der Waals surface area contributed by atoms with Gasteiger partial charge in [0.1, 0.15) is 5.00 Å². The Balaban J connectivity index is 1.79. The van der Waals surface area contributed by atoms with E-state index in [1.807, 2.05) is 13.0 Å². The first kappa shape index (κ1) is 17.6. The van der Waals surface area contributed by atoms with Crippen LogP contribution in [-0.4, -0.2) is 30.3 Å². The molecule has 3 aromatic heterocycles. The van der Waals surface area contributed by atoms with Gasteiger partial charge in [-0.05, 0) is 24.5 Å². The Hall–Kier alpha value is -2.20. The third-order valence-corrected chi connectivity index (χ3v) is 4.21. The molecule has 0 aliphatic heterocycles. The van der Waals surface area contributed by atoms with Crippen molar-refractivity contribution in [3.05, 3.63) is 35.4 Å². The van der Waals surface area contributed by atoms with Gasteiger partial charge in [-0.2, -0.15) is 22.6 Å². The molecule has 0 atom stereocenters. The molecule has 0 bridgehead atoms. The number of hydrogen-bond acceptors (Lipinski definition) is 6. The molecular weight excluding hydrogens is 377 g/mol. The lowest BCUT2D eigenvalue weighted by Gasteiger charge is -2.06. The largest absolute Gasteiger partial charge is 0.390 e. The first-order chi connectivity index (χ1) is 11.8. The second-order valence-electron chi connectivity index (χ2n) is 5.20. The van der Waals surface area contributed by atoms with E-state index >= 15 is 0 Å². The van der Waals surface area contributed by atoms with Crippen molar-refractivity contribution >= 4 is 34.1 Å². The maximum absolute atomic E-state index is 12.3. The van der Waals surface area contributed by atoms with Crippen molar-refractivity contribution in [1.29, 1.82) is 0 Å². The molecule has 0 aliphatic carbocycles. The van der Waals surface area contributed by atoms with Crippen molar-refractivity contribution < 1.29 is 13.2 Å². The van der Waals surface area contributed by atoms with Crippen LogP contribution in [0.25, 0.3) is 11.3 Å². The number of aromatic nitrogens is 5. The van der Waals surface area contributed by atoms with Crippen molar-refractivity contribution in [2.24, 2.45) is 0 Å². The number of nitrogens with zero attached hydrogens (tertiary/aromatic N) is 5. The van der Waals surface area contributed by atoms with Gasteiger partial charge in [0.05, 0.1) is 35.2 Å². The molecule has 0 amide bonds. The number of rotatable bonds is 5. The molecule has 132 valence electrons. The highest BCUT2D eigenvalue weighted by atomic mass is 35.5. The van der Waals surface area contributed by atoms with E-state index in [9.17, 15) is 13.2 Å². The molecule has 11 heteroatoms. The molecule has 0 spiro atoms. The second-order valence-corrected chi connectivity index (χ2v) is 6.42. The lowest BCUT2D eigenvalue weighted by atomic mass is 10.2. The summed E-state index contributed by atoms with van der Waals surface area (Å²) in [7, 11) is 0. The Morgan fingerprint density at radius 2 is 2.12 bits per heavy atom. The van der Waals surface area contributed by atoms with Crippen LogP contribution in [0.2, 0.25) is 5.02 Å². The van der Waals surface area contributed by atoms with Gasteiger partial charge >= 0.3 is 6.18 Å². The SMILES string of the molecule is Cc1cc(Nc2ncc(Cl)c(-c3cnn(CCC(F)(F)F)c3)n2)sn1. The maximum atomic E-state index is 12.3. The van der Waals surface area contributed by atoms with Crippen molar-refractivity contribution in [3.8, 4) is 11.3 Å². The summed E-state index contributed by atoms with van der Waals surface area (Å²) in [4.78, 5) is 8.41. The smallest absolute Gasteiger partial charge is 0.314 e. The van der Waals surface area contributed by atoms with Crippen LogP contribution in [0.3, 0.4) is 0 Å². The molecule has 0 radical (unpaired) electrons. The van der Waals surface area contributed by atoms with Gasteiger partial charge in [-0.15, -0.1) is 0 Å². The zero-order chi connectivity index (χ0) is 18.0. The average molecular weight is 389 g/mol. The summed E-state index contributed by atoms with van der Waals surface area (Å²) in [6.45, 7) is 1.60. The van der Waals surface area contributed by atoms with E-state index in [1.54, 1.807) is 0 Å². The van der Waals surface area contributed by atoms with Gasteiger partial charge < -0.3 is 5.32 Å². The fourth-order valence-corrected chi connectivity index (χ4v) is 2.87. The van der Waals surface area contributed by atoms with Crippen LogP contribution < -0.4 is 5.32 Å². The molecule has 0 fully saturated rings. The van der Waals surface area contributed by atoms with Crippen LogP contribution >= 0.6 is 23.1 Å². The first-order valence-corrected chi connectivity index (χ1v) is 8.28. The van der Waals surface area contributed by atoms with Gasteiger partial charge in [0.25, 0.3) is 0 Å². The minimum Gasteiger partial charge on any atom is -0.314 e. The third-order valence-electron chi connectivity index (χ3n) is 3.14. The molecular formula is C14H12ClF3N6S. The van der Waals surface area contributed by atoms with Crippen molar-refractivity contribution in [2.45, 2.75) is 26.1 Å². The van der Waals surface area contributed by atoms with E-state index in [-0.39, 0.29) is 11.6 Å². The zero-order valence-corrected chi connectivity index (χ0v) is 14.5. The molecule has 0 aromatic carbocycles. The predicted molar refractivity (Wildman–Crippen MR) is 89.1 cm³/mol. The van der Waals surface area contributed by atoms with E-state index in [1.165, 1.54) is 34.8 Å². The van der Waals surface area contributed by atoms with Crippen LogP contribution in [-0.2, 0) is 6.54 Å². The van der Waals surface area contributed by atoms with E-state index in [4.69, 9.17) is 11.6 Å². The van der Waals surface area contributed by atoms with Crippen molar-refractivity contribution in [3.63, 3.8) is 0 Å². The van der Waals surface area contributed by atoms with Crippen LogP contribution in [0.15, 0.2) is 24.7 Å². The molecule has 0 aliphatic rings. The molecule has 3 heterocycles. The van der Waals surface area contributed by atoms with E-state index in [0.29, 0.717) is 17.2 Å². The summed E-state index contributed by atoms with van der Waals surface area (Å²) in [5.74, 6) is 0.311. The number of anilines is 2. The lowest BCUT2D eigenvalue weighted by Crippen LogP contribution is -2.12. The van der Waals surface area contributed by atoms with E-state index in [2.05, 4.69) is 24.8 Å². The highest BCUT2D eigenvalue weighted by molar-refractivity contribution is 7.10. The molecule has 0 unspecified atom stereocenters. The van der Waals surface area contributed by atoms with Crippen molar-refractivity contribution in [2.75, 3.05) is 5.32 Å². The van der Waals surface area contributed by atoms with Crippen LogP contribution in [0.4, 0.5) is 24.1 Å². The third kappa shape index (κ3) is 4.67. The Morgan fingerprint density at radius 1 is 1.32 bits per heavy atom. The van der Waals surface area contributed by atoms with Crippen molar-refractivity contribution in [1.82, 2.24) is 24.1 Å². The molecule has 0 saturated heterocycles. The van der Waals surface area contributed by atoms with Crippen LogP contribution in [0, 0.1) is 6.92 Å². The van der Waals surface area contributed by atoms with E-state index in [0.717, 1.165) is 10.7 Å². The average Bonchev–Trinajstić information content (AvgIpc) is 3.16. The minimum absolute atomic E-state index is 0.266. The summed E-state index contributed by atoms with van der Waals surface area (Å²) in [6.07, 6.45) is -0.870. The fourth-order valence-electron chi connectivity index (χ4n) is 2.01. The van der Waals surface area contributed by atoms with Gasteiger partial charge in [-0.1, -0.05) is 11.6 Å². The van der Waals surface area contributed by atoms with Gasteiger partial charge in [0.15, 0.2) is 0 Å². The molecule has 3 rings (SSSR count). The normalized spacial score (nSPS) is 11.7. The number of aryl methyl sites for hydroxylation is 2. The summed E-state index contributed by atoms with van der Waals surface area (Å²) in [6, 6.07) is 1.84.